The molecule has 1 amide bonds. The highest BCUT2D eigenvalue weighted by atomic mass is 19.4. The van der Waals surface area contributed by atoms with E-state index in [4.69, 9.17) is 5.73 Å². The SMILES string of the molecule is Cc1cc(NC(=O)CCCN)n(-c2ccccc2C(F)(F)F)n1. The summed E-state index contributed by atoms with van der Waals surface area (Å²) in [7, 11) is 0. The molecule has 0 fully saturated rings. The summed E-state index contributed by atoms with van der Waals surface area (Å²) in [5.74, 6) is -0.123. The first-order valence-corrected chi connectivity index (χ1v) is 7.06. The summed E-state index contributed by atoms with van der Waals surface area (Å²) >= 11 is 0. The number of hydrogen-bond acceptors (Lipinski definition) is 3. The smallest absolute Gasteiger partial charge is 0.330 e. The highest BCUT2D eigenvalue weighted by Crippen LogP contribution is 2.34. The first-order chi connectivity index (χ1) is 10.8. The highest BCUT2D eigenvalue weighted by molar-refractivity contribution is 5.90. The topological polar surface area (TPSA) is 72.9 Å². The lowest BCUT2D eigenvalue weighted by Gasteiger charge is -2.15. The molecule has 23 heavy (non-hydrogen) atoms. The lowest BCUT2D eigenvalue weighted by atomic mass is 10.1. The third-order valence-corrected chi connectivity index (χ3v) is 3.14. The zero-order chi connectivity index (χ0) is 17.0. The molecule has 0 unspecified atom stereocenters. The molecule has 2 rings (SSSR count). The summed E-state index contributed by atoms with van der Waals surface area (Å²) in [5.41, 5.74) is 4.88. The van der Waals surface area contributed by atoms with Gasteiger partial charge in [-0.05, 0) is 32.0 Å². The number of nitrogens with two attached hydrogens (primary N) is 1. The second-order valence-corrected chi connectivity index (χ2v) is 5.04. The molecule has 5 nitrogen and oxygen atoms in total. The second-order valence-electron chi connectivity index (χ2n) is 5.04. The zero-order valence-electron chi connectivity index (χ0n) is 12.5. The molecule has 0 bridgehead atoms. The Hall–Kier alpha value is -2.35. The van der Waals surface area contributed by atoms with Gasteiger partial charge in [0, 0.05) is 12.5 Å². The minimum atomic E-state index is -4.52. The van der Waals surface area contributed by atoms with Gasteiger partial charge in [-0.3, -0.25) is 4.79 Å². The number of rotatable bonds is 5. The Bertz CT molecular complexity index is 694. The van der Waals surface area contributed by atoms with Gasteiger partial charge in [-0.1, -0.05) is 12.1 Å². The van der Waals surface area contributed by atoms with Crippen LogP contribution in [0.3, 0.4) is 0 Å². The van der Waals surface area contributed by atoms with E-state index in [2.05, 4.69) is 10.4 Å². The van der Waals surface area contributed by atoms with Crippen LogP contribution in [0.2, 0.25) is 0 Å². The normalized spacial score (nSPS) is 11.5. The van der Waals surface area contributed by atoms with E-state index in [1.165, 1.54) is 24.3 Å². The number of carbonyl (C=O) groups excluding carboxylic acids is 1. The fourth-order valence-electron chi connectivity index (χ4n) is 2.14. The van der Waals surface area contributed by atoms with Crippen LogP contribution < -0.4 is 11.1 Å². The minimum absolute atomic E-state index is 0.137. The van der Waals surface area contributed by atoms with E-state index in [1.54, 1.807) is 6.92 Å². The number of alkyl halides is 3. The van der Waals surface area contributed by atoms with E-state index in [0.29, 0.717) is 18.7 Å². The van der Waals surface area contributed by atoms with Crippen molar-refractivity contribution in [2.24, 2.45) is 5.73 Å². The van der Waals surface area contributed by atoms with Crippen molar-refractivity contribution >= 4 is 11.7 Å². The third kappa shape index (κ3) is 4.10. The number of nitrogens with one attached hydrogen (secondary N) is 1. The molecule has 0 aliphatic rings. The number of carbonyl (C=O) groups is 1. The maximum absolute atomic E-state index is 13.2. The number of hydrogen-bond donors (Lipinski definition) is 2. The molecule has 0 saturated heterocycles. The maximum atomic E-state index is 13.2. The Morgan fingerprint density at radius 1 is 1.35 bits per heavy atom. The van der Waals surface area contributed by atoms with Gasteiger partial charge in [0.25, 0.3) is 0 Å². The number of anilines is 1. The second kappa shape index (κ2) is 6.82. The minimum Gasteiger partial charge on any atom is -0.330 e. The molecule has 1 heterocycles. The standard InChI is InChI=1S/C15H17F3N4O/c1-10-9-13(20-14(23)7-4-8-19)22(21-10)12-6-3-2-5-11(12)15(16,17)18/h2-3,5-6,9H,4,7-8,19H2,1H3,(H,20,23). The molecule has 1 aromatic heterocycles. The van der Waals surface area contributed by atoms with Crippen LogP contribution in [0.1, 0.15) is 24.1 Å². The van der Waals surface area contributed by atoms with Crippen LogP contribution >= 0.6 is 0 Å². The molecular formula is C15H17F3N4O. The quantitative estimate of drug-likeness (QED) is 0.887. The molecule has 1 aromatic carbocycles. The van der Waals surface area contributed by atoms with E-state index < -0.39 is 11.7 Å². The zero-order valence-corrected chi connectivity index (χ0v) is 12.5. The van der Waals surface area contributed by atoms with Gasteiger partial charge in [0.2, 0.25) is 5.91 Å². The lowest BCUT2D eigenvalue weighted by molar-refractivity contribution is -0.137. The van der Waals surface area contributed by atoms with Crippen molar-refractivity contribution in [2.45, 2.75) is 25.9 Å². The lowest BCUT2D eigenvalue weighted by Crippen LogP contribution is -2.18. The number of amides is 1. The van der Waals surface area contributed by atoms with Crippen LogP contribution in [0.4, 0.5) is 19.0 Å². The van der Waals surface area contributed by atoms with Crippen LogP contribution in [-0.2, 0) is 11.0 Å². The maximum Gasteiger partial charge on any atom is 0.418 e. The molecule has 0 aliphatic carbocycles. The summed E-state index contributed by atoms with van der Waals surface area (Å²) in [4.78, 5) is 11.8. The summed E-state index contributed by atoms with van der Waals surface area (Å²) < 4.78 is 40.6. The third-order valence-electron chi connectivity index (χ3n) is 3.14. The number of benzene rings is 1. The van der Waals surface area contributed by atoms with E-state index in [9.17, 15) is 18.0 Å². The molecule has 0 spiro atoms. The average molecular weight is 326 g/mol. The first-order valence-electron chi connectivity index (χ1n) is 7.06. The predicted molar refractivity (Wildman–Crippen MR) is 80.2 cm³/mol. The van der Waals surface area contributed by atoms with Gasteiger partial charge in [-0.15, -0.1) is 0 Å². The molecule has 0 saturated carbocycles. The van der Waals surface area contributed by atoms with E-state index in [-0.39, 0.29) is 23.8 Å². The Labute approximate surface area is 131 Å². The van der Waals surface area contributed by atoms with Crippen LogP contribution in [0.15, 0.2) is 30.3 Å². The number of aromatic nitrogens is 2. The fourth-order valence-corrected chi connectivity index (χ4v) is 2.14. The van der Waals surface area contributed by atoms with Gasteiger partial charge in [-0.25, -0.2) is 4.68 Å². The van der Waals surface area contributed by atoms with Crippen molar-refractivity contribution < 1.29 is 18.0 Å². The summed E-state index contributed by atoms with van der Waals surface area (Å²) in [6.07, 6.45) is -3.82. The monoisotopic (exact) mass is 326 g/mol. The molecule has 0 atom stereocenters. The van der Waals surface area contributed by atoms with E-state index in [1.807, 2.05) is 0 Å². The Morgan fingerprint density at radius 3 is 2.70 bits per heavy atom. The van der Waals surface area contributed by atoms with Gasteiger partial charge in [0.15, 0.2) is 0 Å². The Morgan fingerprint density at radius 2 is 2.04 bits per heavy atom. The Balaban J connectivity index is 2.40. The average Bonchev–Trinajstić information content (AvgIpc) is 2.84. The largest absolute Gasteiger partial charge is 0.418 e. The highest BCUT2D eigenvalue weighted by Gasteiger charge is 2.34. The summed E-state index contributed by atoms with van der Waals surface area (Å²) in [6.45, 7) is 2.00. The number of halogens is 3. The van der Waals surface area contributed by atoms with E-state index >= 15 is 0 Å². The van der Waals surface area contributed by atoms with Crippen LogP contribution in [0, 0.1) is 6.92 Å². The number of aryl methyl sites for hydroxylation is 1. The predicted octanol–water partition coefficient (Wildman–Crippen LogP) is 2.88. The molecule has 0 aliphatic heterocycles. The van der Waals surface area contributed by atoms with Gasteiger partial charge >= 0.3 is 6.18 Å². The van der Waals surface area contributed by atoms with Crippen molar-refractivity contribution in [1.29, 1.82) is 0 Å². The van der Waals surface area contributed by atoms with Crippen LogP contribution in [0.5, 0.6) is 0 Å². The Kier molecular flexibility index (Phi) is 5.05. The van der Waals surface area contributed by atoms with Gasteiger partial charge < -0.3 is 11.1 Å². The molecule has 8 heteroatoms. The van der Waals surface area contributed by atoms with E-state index in [0.717, 1.165) is 10.7 Å². The van der Waals surface area contributed by atoms with Crippen molar-refractivity contribution in [3.63, 3.8) is 0 Å². The van der Waals surface area contributed by atoms with Gasteiger partial charge in [-0.2, -0.15) is 18.3 Å². The van der Waals surface area contributed by atoms with Crippen molar-refractivity contribution in [1.82, 2.24) is 9.78 Å². The van der Waals surface area contributed by atoms with Crippen molar-refractivity contribution in [3.8, 4) is 5.69 Å². The first kappa shape index (κ1) is 17.0. The van der Waals surface area contributed by atoms with Crippen LogP contribution in [-0.4, -0.2) is 22.2 Å². The van der Waals surface area contributed by atoms with Crippen LogP contribution in [0.25, 0.3) is 5.69 Å². The number of nitrogens with zero attached hydrogens (tertiary/aromatic N) is 2. The van der Waals surface area contributed by atoms with Gasteiger partial charge in [0.1, 0.15) is 5.82 Å². The summed E-state index contributed by atoms with van der Waals surface area (Å²) in [6, 6.07) is 6.61. The molecule has 2 aromatic rings. The summed E-state index contributed by atoms with van der Waals surface area (Å²) in [5, 5.41) is 6.65. The van der Waals surface area contributed by atoms with Crippen molar-refractivity contribution in [2.75, 3.05) is 11.9 Å². The molecule has 3 N–H and O–H groups in total. The fraction of sp³-hybridized carbons (Fsp3) is 0.333. The van der Waals surface area contributed by atoms with Crippen molar-refractivity contribution in [3.05, 3.63) is 41.6 Å². The molecule has 124 valence electrons. The van der Waals surface area contributed by atoms with Gasteiger partial charge in [0.05, 0.1) is 16.9 Å². The molecular weight excluding hydrogens is 309 g/mol. The molecule has 0 radical (unpaired) electrons. The number of para-hydroxylation sites is 1.